The summed E-state index contributed by atoms with van der Waals surface area (Å²) in [6.45, 7) is 1.70. The van der Waals surface area contributed by atoms with Gasteiger partial charge < -0.3 is 10.5 Å². The molecule has 1 aromatic heterocycles. The summed E-state index contributed by atoms with van der Waals surface area (Å²) in [5, 5.41) is 0. The van der Waals surface area contributed by atoms with Gasteiger partial charge in [0.2, 0.25) is 0 Å². The lowest BCUT2D eigenvalue weighted by Gasteiger charge is -2.28. The second-order valence-electron chi connectivity index (χ2n) is 4.96. The maximum absolute atomic E-state index is 11.8. The Morgan fingerprint density at radius 3 is 3.00 bits per heavy atom. The number of nitrogens with zero attached hydrogens (tertiary/aromatic N) is 1. The minimum atomic E-state index is -2.24. The van der Waals surface area contributed by atoms with Gasteiger partial charge in [-0.05, 0) is 6.92 Å². The number of hydrogen-bond donors (Lipinski definition) is 2. The largest absolute Gasteiger partial charge is 0.697 e. The molecule has 5 atom stereocenters. The zero-order valence-corrected chi connectivity index (χ0v) is 11.4. The summed E-state index contributed by atoms with van der Waals surface area (Å²) in [5.41, 5.74) is 3.95. The first-order chi connectivity index (χ1) is 9.39. The van der Waals surface area contributed by atoms with Crippen LogP contribution >= 0.6 is 8.25 Å². The minimum absolute atomic E-state index is 0.0707. The Labute approximate surface area is 113 Å². The fraction of sp³-hybridized carbons (Fsp3) is 0.600. The molecule has 108 valence electrons. The van der Waals surface area contributed by atoms with Gasteiger partial charge in [-0.15, -0.1) is 9.05 Å². The summed E-state index contributed by atoms with van der Waals surface area (Å²) >= 11 is 0. The number of rotatable bonds is 1. The van der Waals surface area contributed by atoms with Crippen molar-refractivity contribution < 1.29 is 18.3 Å². The molecular formula is C10H13N3O6P+. The second-order valence-corrected chi connectivity index (χ2v) is 5.87. The smallest absolute Gasteiger partial charge is 0.347 e. The highest BCUT2D eigenvalue weighted by molar-refractivity contribution is 7.33. The molecular weight excluding hydrogens is 289 g/mol. The van der Waals surface area contributed by atoms with Crippen molar-refractivity contribution in [3.8, 4) is 0 Å². The molecule has 20 heavy (non-hydrogen) atoms. The zero-order chi connectivity index (χ0) is 14.5. The first-order valence-electron chi connectivity index (χ1n) is 5.92. The summed E-state index contributed by atoms with van der Waals surface area (Å²) in [6.07, 6.45) is -0.744. The molecule has 2 fully saturated rings. The monoisotopic (exact) mass is 302 g/mol. The van der Waals surface area contributed by atoms with Gasteiger partial charge in [0.15, 0.2) is 12.3 Å². The molecule has 2 saturated heterocycles. The van der Waals surface area contributed by atoms with Crippen LogP contribution in [0.25, 0.3) is 0 Å². The van der Waals surface area contributed by atoms with E-state index in [1.165, 1.54) is 16.8 Å². The van der Waals surface area contributed by atoms with E-state index >= 15 is 0 Å². The topological polar surface area (TPSA) is 126 Å². The standard InChI is InChI=1S/C10H12N3O6P/c1-10(11)7-5(4-17-20(16)19-7)18-8(10)13-3-2-6(14)12-9(13)15/h2-3,5,7-8H,4,11H2,1H3/p+1/t5-,7-,8-,10-/m1/s1. The van der Waals surface area contributed by atoms with Crippen molar-refractivity contribution in [3.63, 3.8) is 0 Å². The van der Waals surface area contributed by atoms with Crippen LogP contribution in [0.4, 0.5) is 0 Å². The van der Waals surface area contributed by atoms with Crippen molar-refractivity contribution in [1.29, 1.82) is 0 Å². The highest BCUT2D eigenvalue weighted by atomic mass is 31.1. The number of aromatic nitrogens is 2. The average molecular weight is 302 g/mol. The van der Waals surface area contributed by atoms with Crippen LogP contribution in [0.15, 0.2) is 21.9 Å². The first-order valence-corrected chi connectivity index (χ1v) is 7.02. The molecule has 0 saturated carbocycles. The summed E-state index contributed by atoms with van der Waals surface area (Å²) in [7, 11) is -2.24. The van der Waals surface area contributed by atoms with Crippen LogP contribution in [0.1, 0.15) is 13.2 Å². The highest BCUT2D eigenvalue weighted by Gasteiger charge is 2.60. The number of nitrogens with two attached hydrogens (primary N) is 1. The average Bonchev–Trinajstić information content (AvgIpc) is 2.62. The van der Waals surface area contributed by atoms with Crippen molar-refractivity contribution >= 4 is 8.25 Å². The number of hydrogen-bond acceptors (Lipinski definition) is 7. The van der Waals surface area contributed by atoms with Crippen molar-refractivity contribution in [1.82, 2.24) is 9.55 Å². The first kappa shape index (κ1) is 13.6. The van der Waals surface area contributed by atoms with Crippen molar-refractivity contribution in [2.75, 3.05) is 6.61 Å². The van der Waals surface area contributed by atoms with Crippen LogP contribution in [0.5, 0.6) is 0 Å². The molecule has 0 spiro atoms. The molecule has 2 aliphatic rings. The van der Waals surface area contributed by atoms with Crippen LogP contribution in [0.2, 0.25) is 0 Å². The van der Waals surface area contributed by atoms with E-state index in [2.05, 4.69) is 4.98 Å². The van der Waals surface area contributed by atoms with Gasteiger partial charge in [-0.25, -0.2) is 4.79 Å². The maximum Gasteiger partial charge on any atom is 0.697 e. The van der Waals surface area contributed by atoms with Crippen molar-refractivity contribution in [3.05, 3.63) is 33.1 Å². The lowest BCUT2D eigenvalue weighted by Crippen LogP contribution is -2.54. The van der Waals surface area contributed by atoms with Gasteiger partial charge in [-0.2, -0.15) is 0 Å². The Kier molecular flexibility index (Phi) is 3.11. The maximum atomic E-state index is 11.8. The van der Waals surface area contributed by atoms with E-state index in [1.807, 2.05) is 0 Å². The number of fused-ring (bicyclic) bond motifs is 1. The lowest BCUT2D eigenvalue weighted by atomic mass is 9.93. The van der Waals surface area contributed by atoms with E-state index in [4.69, 9.17) is 19.5 Å². The minimum Gasteiger partial charge on any atom is -0.347 e. The predicted octanol–water partition coefficient (Wildman–Crippen LogP) is -0.776. The van der Waals surface area contributed by atoms with E-state index in [9.17, 15) is 14.2 Å². The molecule has 9 nitrogen and oxygen atoms in total. The van der Waals surface area contributed by atoms with Gasteiger partial charge in [0, 0.05) is 16.8 Å². The van der Waals surface area contributed by atoms with E-state index in [0.29, 0.717) is 0 Å². The molecule has 0 bridgehead atoms. The number of ether oxygens (including phenoxy) is 1. The van der Waals surface area contributed by atoms with Crippen LogP contribution < -0.4 is 17.0 Å². The molecule has 2 aliphatic heterocycles. The highest BCUT2D eigenvalue weighted by Crippen LogP contribution is 2.46. The molecule has 0 aliphatic carbocycles. The Balaban J connectivity index is 2.00. The van der Waals surface area contributed by atoms with E-state index < -0.39 is 43.5 Å². The summed E-state index contributed by atoms with van der Waals surface area (Å²) in [6, 6.07) is 1.20. The van der Waals surface area contributed by atoms with Gasteiger partial charge in [-0.3, -0.25) is 14.3 Å². The fourth-order valence-corrected chi connectivity index (χ4v) is 3.35. The predicted molar refractivity (Wildman–Crippen MR) is 66.3 cm³/mol. The normalized spacial score (nSPS) is 38.7. The number of H-pyrrole nitrogens is 1. The van der Waals surface area contributed by atoms with Crippen molar-refractivity contribution in [2.45, 2.75) is 30.9 Å². The third-order valence-corrected chi connectivity index (χ3v) is 4.19. The van der Waals surface area contributed by atoms with Crippen LogP contribution in [-0.2, 0) is 18.3 Å². The van der Waals surface area contributed by atoms with Gasteiger partial charge in [0.05, 0.1) is 5.54 Å². The molecule has 1 aromatic rings. The lowest BCUT2D eigenvalue weighted by molar-refractivity contribution is -0.0558. The summed E-state index contributed by atoms with van der Waals surface area (Å²) in [4.78, 5) is 25.0. The molecule has 0 amide bonds. The van der Waals surface area contributed by atoms with Gasteiger partial charge in [0.25, 0.3) is 5.56 Å². The third kappa shape index (κ3) is 2.04. The molecule has 0 radical (unpaired) electrons. The van der Waals surface area contributed by atoms with E-state index in [0.717, 1.165) is 0 Å². The third-order valence-electron chi connectivity index (χ3n) is 3.43. The molecule has 3 N–H and O–H groups in total. The SMILES string of the molecule is C[C@@]1(N)[C@@H]2O[P+](=O)OC[C@H]2O[C@H]1n1ccc(=O)[nH]c1=O. The Bertz CT molecular complexity index is 667. The van der Waals surface area contributed by atoms with Crippen molar-refractivity contribution in [2.24, 2.45) is 5.73 Å². The number of nitrogens with one attached hydrogen (secondary N) is 1. The molecule has 3 heterocycles. The van der Waals surface area contributed by atoms with Gasteiger partial charge in [0.1, 0.15) is 12.7 Å². The Hall–Kier alpha value is -1.38. The molecule has 3 rings (SSSR count). The van der Waals surface area contributed by atoms with Gasteiger partial charge >= 0.3 is 13.9 Å². The zero-order valence-electron chi connectivity index (χ0n) is 10.5. The van der Waals surface area contributed by atoms with Crippen LogP contribution in [0.3, 0.4) is 0 Å². The quantitative estimate of drug-likeness (QED) is 0.652. The molecule has 0 aromatic carbocycles. The Morgan fingerprint density at radius 1 is 1.55 bits per heavy atom. The van der Waals surface area contributed by atoms with Gasteiger partial charge in [-0.1, -0.05) is 0 Å². The fourth-order valence-electron chi connectivity index (χ4n) is 2.47. The summed E-state index contributed by atoms with van der Waals surface area (Å²) in [5.74, 6) is 0. The summed E-state index contributed by atoms with van der Waals surface area (Å²) < 4.78 is 28.2. The van der Waals surface area contributed by atoms with Crippen LogP contribution in [0, 0.1) is 0 Å². The number of aromatic amines is 1. The Morgan fingerprint density at radius 2 is 2.30 bits per heavy atom. The molecule has 1 unspecified atom stereocenters. The van der Waals surface area contributed by atoms with E-state index in [1.54, 1.807) is 6.92 Å². The molecule has 10 heteroatoms. The van der Waals surface area contributed by atoms with Crippen LogP contribution in [-0.4, -0.2) is 33.9 Å². The van der Waals surface area contributed by atoms with E-state index in [-0.39, 0.29) is 6.61 Å². The second kappa shape index (κ2) is 4.57.